The molecule has 7 heteroatoms. The second kappa shape index (κ2) is 9.32. The number of benzene rings is 2. The first-order valence-corrected chi connectivity index (χ1v) is 9.57. The van der Waals surface area contributed by atoms with E-state index in [1.54, 1.807) is 36.4 Å². The quantitative estimate of drug-likeness (QED) is 0.405. The van der Waals surface area contributed by atoms with Gasteiger partial charge in [0.15, 0.2) is 5.17 Å². The number of carbonyl (C=O) groups excluding carboxylic acids is 1. The standard InChI is InChI=1S/C21H20FN3O2S/c1-3-12-25-20(26)19(13-15-8-10-17(22)11-9-15)28-21(25)24-23-14-16-6-4-5-7-18(16)27-2/h3-11,14,19H,1,12-13H2,2H3/b23-14-,24-21-. The highest BCUT2D eigenvalue weighted by molar-refractivity contribution is 8.15. The largest absolute Gasteiger partial charge is 0.496 e. The average molecular weight is 397 g/mol. The number of carbonyl (C=O) groups is 1. The summed E-state index contributed by atoms with van der Waals surface area (Å²) in [5.41, 5.74) is 1.69. The van der Waals surface area contributed by atoms with Crippen LogP contribution in [-0.4, -0.2) is 41.1 Å². The molecule has 1 aliphatic heterocycles. The maximum absolute atomic E-state index is 13.1. The van der Waals surface area contributed by atoms with Crippen LogP contribution in [0.5, 0.6) is 5.75 Å². The summed E-state index contributed by atoms with van der Waals surface area (Å²) in [5.74, 6) is 0.342. The number of methoxy groups -OCH3 is 1. The smallest absolute Gasteiger partial charge is 0.242 e. The van der Waals surface area contributed by atoms with E-state index in [1.165, 1.54) is 23.9 Å². The van der Waals surface area contributed by atoms with E-state index in [-0.39, 0.29) is 17.0 Å². The number of hydrogen-bond donors (Lipinski definition) is 0. The van der Waals surface area contributed by atoms with Crippen molar-refractivity contribution in [3.05, 3.63) is 78.1 Å². The Bertz CT molecular complexity index is 912. The third kappa shape index (κ3) is 4.67. The summed E-state index contributed by atoms with van der Waals surface area (Å²) in [6.45, 7) is 4.06. The number of hydrogen-bond acceptors (Lipinski definition) is 5. The summed E-state index contributed by atoms with van der Waals surface area (Å²) in [7, 11) is 1.59. The number of rotatable bonds is 7. The Kier molecular flexibility index (Phi) is 6.60. The van der Waals surface area contributed by atoms with Crippen LogP contribution in [0.15, 0.2) is 71.4 Å². The van der Waals surface area contributed by atoms with E-state index in [2.05, 4.69) is 16.8 Å². The van der Waals surface area contributed by atoms with Crippen LogP contribution in [0, 0.1) is 5.82 Å². The summed E-state index contributed by atoms with van der Waals surface area (Å²) in [6.07, 6.45) is 3.74. The van der Waals surface area contributed by atoms with Crippen LogP contribution in [-0.2, 0) is 11.2 Å². The molecular weight excluding hydrogens is 377 g/mol. The number of para-hydroxylation sites is 1. The molecule has 144 valence electrons. The Labute approximate surface area is 167 Å². The Morgan fingerprint density at radius 1 is 1.25 bits per heavy atom. The van der Waals surface area contributed by atoms with E-state index in [0.717, 1.165) is 11.1 Å². The molecule has 0 N–H and O–H groups in total. The van der Waals surface area contributed by atoms with Gasteiger partial charge in [-0.05, 0) is 36.2 Å². The van der Waals surface area contributed by atoms with Crippen LogP contribution >= 0.6 is 11.8 Å². The molecule has 1 heterocycles. The Balaban J connectivity index is 1.77. The van der Waals surface area contributed by atoms with Crippen LogP contribution < -0.4 is 4.74 Å². The van der Waals surface area contributed by atoms with Crippen molar-refractivity contribution in [3.8, 4) is 5.75 Å². The fourth-order valence-corrected chi connectivity index (χ4v) is 3.91. The van der Waals surface area contributed by atoms with Gasteiger partial charge < -0.3 is 4.74 Å². The molecule has 2 aromatic rings. The van der Waals surface area contributed by atoms with Crippen molar-refractivity contribution in [3.63, 3.8) is 0 Å². The number of thioether (sulfide) groups is 1. The van der Waals surface area contributed by atoms with Crippen LogP contribution in [0.4, 0.5) is 4.39 Å². The molecule has 2 aromatic carbocycles. The number of amidine groups is 1. The van der Waals surface area contributed by atoms with Crippen molar-refractivity contribution in [2.45, 2.75) is 11.7 Å². The lowest BCUT2D eigenvalue weighted by atomic mass is 10.1. The van der Waals surface area contributed by atoms with Gasteiger partial charge in [-0.1, -0.05) is 42.1 Å². The first kappa shape index (κ1) is 19.8. The lowest BCUT2D eigenvalue weighted by Gasteiger charge is -2.12. The zero-order valence-electron chi connectivity index (χ0n) is 15.4. The van der Waals surface area contributed by atoms with Gasteiger partial charge in [0.25, 0.3) is 0 Å². The topological polar surface area (TPSA) is 54.3 Å². The van der Waals surface area contributed by atoms with Crippen molar-refractivity contribution in [2.24, 2.45) is 10.2 Å². The lowest BCUT2D eigenvalue weighted by molar-refractivity contribution is -0.125. The van der Waals surface area contributed by atoms with Gasteiger partial charge in [-0.2, -0.15) is 5.10 Å². The van der Waals surface area contributed by atoms with Crippen LogP contribution in [0.1, 0.15) is 11.1 Å². The first-order chi connectivity index (χ1) is 13.6. The zero-order valence-corrected chi connectivity index (χ0v) is 16.2. The SMILES string of the molecule is C=CCN1C(=O)C(Cc2ccc(F)cc2)S/C1=N\N=C/c1ccccc1OC. The number of nitrogens with zero attached hydrogens (tertiary/aromatic N) is 3. The maximum atomic E-state index is 13.1. The average Bonchev–Trinajstić information content (AvgIpc) is 2.99. The molecule has 3 rings (SSSR count). The molecule has 0 aromatic heterocycles. The Morgan fingerprint density at radius 2 is 2.00 bits per heavy atom. The summed E-state index contributed by atoms with van der Waals surface area (Å²) >= 11 is 1.35. The number of ether oxygens (including phenoxy) is 1. The number of amides is 1. The van der Waals surface area contributed by atoms with Gasteiger partial charge in [-0.25, -0.2) is 4.39 Å². The third-order valence-electron chi connectivity index (χ3n) is 4.15. The van der Waals surface area contributed by atoms with Gasteiger partial charge in [-0.15, -0.1) is 11.7 Å². The molecule has 1 atom stereocenters. The minimum atomic E-state index is -0.328. The molecular formula is C21H20FN3O2S. The summed E-state index contributed by atoms with van der Waals surface area (Å²) in [6, 6.07) is 13.6. The molecule has 0 spiro atoms. The van der Waals surface area contributed by atoms with E-state index in [4.69, 9.17) is 4.74 Å². The van der Waals surface area contributed by atoms with Gasteiger partial charge in [-0.3, -0.25) is 9.69 Å². The Hall–Kier alpha value is -2.93. The number of halogens is 1. The Morgan fingerprint density at radius 3 is 2.71 bits per heavy atom. The molecule has 0 saturated carbocycles. The molecule has 1 unspecified atom stereocenters. The van der Waals surface area contributed by atoms with Crippen molar-refractivity contribution in [1.29, 1.82) is 0 Å². The lowest BCUT2D eigenvalue weighted by Crippen LogP contribution is -2.32. The fraction of sp³-hybridized carbons (Fsp3) is 0.190. The zero-order chi connectivity index (χ0) is 19.9. The monoisotopic (exact) mass is 397 g/mol. The third-order valence-corrected chi connectivity index (χ3v) is 5.31. The van der Waals surface area contributed by atoms with Gasteiger partial charge in [0, 0.05) is 12.1 Å². The molecule has 0 bridgehead atoms. The van der Waals surface area contributed by atoms with Gasteiger partial charge in [0.2, 0.25) is 5.91 Å². The molecule has 5 nitrogen and oxygen atoms in total. The molecule has 1 fully saturated rings. The maximum Gasteiger partial charge on any atom is 0.242 e. The summed E-state index contributed by atoms with van der Waals surface area (Å²) in [5, 5.41) is 8.57. The summed E-state index contributed by atoms with van der Waals surface area (Å²) in [4.78, 5) is 14.3. The van der Waals surface area contributed by atoms with Crippen LogP contribution in [0.2, 0.25) is 0 Å². The van der Waals surface area contributed by atoms with Crippen LogP contribution in [0.25, 0.3) is 0 Å². The van der Waals surface area contributed by atoms with E-state index in [0.29, 0.717) is 23.9 Å². The molecule has 0 aliphatic carbocycles. The molecule has 28 heavy (non-hydrogen) atoms. The van der Waals surface area contributed by atoms with Gasteiger partial charge >= 0.3 is 0 Å². The normalized spacial score (nSPS) is 18.2. The van der Waals surface area contributed by atoms with Crippen molar-refractivity contribution in [1.82, 2.24) is 4.90 Å². The van der Waals surface area contributed by atoms with E-state index < -0.39 is 0 Å². The first-order valence-electron chi connectivity index (χ1n) is 8.69. The van der Waals surface area contributed by atoms with E-state index in [9.17, 15) is 9.18 Å². The van der Waals surface area contributed by atoms with E-state index in [1.807, 2.05) is 24.3 Å². The predicted molar refractivity (Wildman–Crippen MR) is 111 cm³/mol. The second-order valence-electron chi connectivity index (χ2n) is 6.04. The second-order valence-corrected chi connectivity index (χ2v) is 7.21. The van der Waals surface area contributed by atoms with Crippen molar-refractivity contribution < 1.29 is 13.9 Å². The molecule has 1 aliphatic rings. The highest BCUT2D eigenvalue weighted by Crippen LogP contribution is 2.30. The predicted octanol–water partition coefficient (Wildman–Crippen LogP) is 3.90. The highest BCUT2D eigenvalue weighted by Gasteiger charge is 2.37. The van der Waals surface area contributed by atoms with Gasteiger partial charge in [0.1, 0.15) is 11.6 Å². The van der Waals surface area contributed by atoms with Gasteiger partial charge in [0.05, 0.1) is 18.6 Å². The molecule has 1 amide bonds. The van der Waals surface area contributed by atoms with Crippen molar-refractivity contribution >= 4 is 29.1 Å². The van der Waals surface area contributed by atoms with E-state index >= 15 is 0 Å². The summed E-state index contributed by atoms with van der Waals surface area (Å²) < 4.78 is 18.4. The molecule has 0 radical (unpaired) electrons. The fourth-order valence-electron chi connectivity index (χ4n) is 2.76. The minimum absolute atomic E-state index is 0.0551. The molecule has 1 saturated heterocycles. The minimum Gasteiger partial charge on any atom is -0.496 e. The van der Waals surface area contributed by atoms with Crippen molar-refractivity contribution in [2.75, 3.05) is 13.7 Å². The van der Waals surface area contributed by atoms with Crippen LogP contribution in [0.3, 0.4) is 0 Å². The highest BCUT2D eigenvalue weighted by atomic mass is 32.2.